The van der Waals surface area contributed by atoms with Gasteiger partial charge in [-0.1, -0.05) is 30.3 Å². The molecule has 1 aromatic carbocycles. The summed E-state index contributed by atoms with van der Waals surface area (Å²) >= 11 is 0. The van der Waals surface area contributed by atoms with Crippen LogP contribution in [0, 0.1) is 0 Å². The van der Waals surface area contributed by atoms with Gasteiger partial charge in [-0.05, 0) is 0 Å². The Kier molecular flexibility index (Phi) is 2.73. The standard InChI is InChI=1S/C9H10O4S/c1-14(12,13)9(11,7-10)8-5-3-2-4-6-8/h2-7,11H,1H3. The van der Waals surface area contributed by atoms with Gasteiger partial charge in [0.1, 0.15) is 0 Å². The number of aliphatic hydroxyl groups is 1. The van der Waals surface area contributed by atoms with Crippen LogP contribution in [0.4, 0.5) is 0 Å². The average molecular weight is 214 g/mol. The van der Waals surface area contributed by atoms with Crippen LogP contribution in [0.5, 0.6) is 0 Å². The van der Waals surface area contributed by atoms with Crippen LogP contribution in [0.2, 0.25) is 0 Å². The van der Waals surface area contributed by atoms with Gasteiger partial charge in [-0.2, -0.15) is 0 Å². The van der Waals surface area contributed by atoms with Crippen molar-refractivity contribution < 1.29 is 18.3 Å². The number of benzene rings is 1. The molecule has 0 spiro atoms. The highest BCUT2D eigenvalue weighted by Gasteiger charge is 2.40. The molecule has 0 saturated carbocycles. The first-order valence-electron chi connectivity index (χ1n) is 3.85. The molecular weight excluding hydrogens is 204 g/mol. The Hall–Kier alpha value is -1.20. The SMILES string of the molecule is CS(=O)(=O)C(O)(C=O)c1ccccc1. The zero-order valence-corrected chi connectivity index (χ0v) is 8.36. The molecule has 76 valence electrons. The van der Waals surface area contributed by atoms with E-state index in [1.54, 1.807) is 18.2 Å². The monoisotopic (exact) mass is 214 g/mol. The van der Waals surface area contributed by atoms with Gasteiger partial charge >= 0.3 is 0 Å². The maximum atomic E-state index is 11.2. The molecule has 0 aliphatic carbocycles. The topological polar surface area (TPSA) is 71.4 Å². The predicted octanol–water partition coefficient (Wildman–Crippen LogP) is 0.0752. The van der Waals surface area contributed by atoms with Gasteiger partial charge < -0.3 is 5.11 Å². The molecule has 5 heteroatoms. The molecule has 0 aliphatic heterocycles. The smallest absolute Gasteiger partial charge is 0.247 e. The van der Waals surface area contributed by atoms with Crippen LogP contribution in [-0.2, 0) is 19.6 Å². The molecule has 0 aliphatic rings. The summed E-state index contributed by atoms with van der Waals surface area (Å²) < 4.78 is 22.4. The lowest BCUT2D eigenvalue weighted by atomic mass is 10.1. The second-order valence-electron chi connectivity index (χ2n) is 2.95. The highest BCUT2D eigenvalue weighted by atomic mass is 32.2. The van der Waals surface area contributed by atoms with E-state index in [2.05, 4.69) is 0 Å². The Morgan fingerprint density at radius 1 is 1.29 bits per heavy atom. The van der Waals surface area contributed by atoms with Crippen LogP contribution in [0.1, 0.15) is 5.56 Å². The highest BCUT2D eigenvalue weighted by Crippen LogP contribution is 2.24. The predicted molar refractivity (Wildman–Crippen MR) is 51.2 cm³/mol. The van der Waals surface area contributed by atoms with Crippen LogP contribution in [-0.4, -0.2) is 26.1 Å². The van der Waals surface area contributed by atoms with E-state index < -0.39 is 14.8 Å². The second kappa shape index (κ2) is 3.51. The van der Waals surface area contributed by atoms with Gasteiger partial charge in [0.2, 0.25) is 4.93 Å². The molecular formula is C9H10O4S. The van der Waals surface area contributed by atoms with E-state index in [1.165, 1.54) is 12.1 Å². The zero-order valence-electron chi connectivity index (χ0n) is 7.54. The van der Waals surface area contributed by atoms with Crippen molar-refractivity contribution in [3.05, 3.63) is 35.9 Å². The second-order valence-corrected chi connectivity index (χ2v) is 5.12. The Balaban J connectivity index is 3.37. The number of hydrogen-bond donors (Lipinski definition) is 1. The molecule has 4 nitrogen and oxygen atoms in total. The zero-order chi connectivity index (χ0) is 10.8. The van der Waals surface area contributed by atoms with Crippen molar-refractivity contribution >= 4 is 16.1 Å². The minimum absolute atomic E-state index is 0.0255. The third kappa shape index (κ3) is 1.69. The van der Waals surface area contributed by atoms with Gasteiger partial charge in [0.15, 0.2) is 16.1 Å². The summed E-state index contributed by atoms with van der Waals surface area (Å²) in [5.74, 6) is 0. The molecule has 1 unspecified atom stereocenters. The normalized spacial score (nSPS) is 15.9. The third-order valence-electron chi connectivity index (χ3n) is 1.91. The Bertz CT molecular complexity index is 423. The number of hydrogen-bond acceptors (Lipinski definition) is 4. The minimum atomic E-state index is -3.88. The molecule has 1 aromatic rings. The maximum Gasteiger partial charge on any atom is 0.247 e. The number of aldehydes is 1. The molecule has 0 saturated heterocycles. The van der Waals surface area contributed by atoms with Crippen LogP contribution in [0.25, 0.3) is 0 Å². The molecule has 0 fully saturated rings. The fraction of sp³-hybridized carbons (Fsp3) is 0.222. The minimum Gasteiger partial charge on any atom is -0.365 e. The van der Waals surface area contributed by atoms with E-state index in [1.807, 2.05) is 0 Å². The van der Waals surface area contributed by atoms with E-state index >= 15 is 0 Å². The number of carbonyl (C=O) groups excluding carboxylic acids is 1. The lowest BCUT2D eigenvalue weighted by Crippen LogP contribution is -2.36. The van der Waals surface area contributed by atoms with Gasteiger partial charge in [0.05, 0.1) is 0 Å². The lowest BCUT2D eigenvalue weighted by molar-refractivity contribution is -0.117. The van der Waals surface area contributed by atoms with Crippen molar-refractivity contribution in [3.63, 3.8) is 0 Å². The average Bonchev–Trinajstić information content (AvgIpc) is 2.16. The van der Waals surface area contributed by atoms with E-state index in [4.69, 9.17) is 0 Å². The Morgan fingerprint density at radius 2 is 1.79 bits per heavy atom. The van der Waals surface area contributed by atoms with E-state index in [0.29, 0.717) is 0 Å². The fourth-order valence-corrected chi connectivity index (χ4v) is 1.79. The van der Waals surface area contributed by atoms with Gasteiger partial charge in [-0.15, -0.1) is 0 Å². The molecule has 0 heterocycles. The van der Waals surface area contributed by atoms with Crippen molar-refractivity contribution in [2.75, 3.05) is 6.26 Å². The largest absolute Gasteiger partial charge is 0.365 e. The van der Waals surface area contributed by atoms with E-state index in [-0.39, 0.29) is 11.8 Å². The number of carbonyl (C=O) groups is 1. The van der Waals surface area contributed by atoms with Crippen molar-refractivity contribution in [2.24, 2.45) is 0 Å². The van der Waals surface area contributed by atoms with E-state index in [0.717, 1.165) is 6.26 Å². The maximum absolute atomic E-state index is 11.2. The Morgan fingerprint density at radius 3 is 2.14 bits per heavy atom. The Labute approximate surface area is 82.1 Å². The first-order chi connectivity index (χ1) is 6.42. The van der Waals surface area contributed by atoms with Crippen LogP contribution >= 0.6 is 0 Å². The molecule has 0 amide bonds. The summed E-state index contributed by atoms with van der Waals surface area (Å²) in [6.07, 6.45) is 0.839. The first-order valence-corrected chi connectivity index (χ1v) is 5.75. The summed E-state index contributed by atoms with van der Waals surface area (Å²) in [7, 11) is -3.88. The first kappa shape index (κ1) is 10.9. The highest BCUT2D eigenvalue weighted by molar-refractivity contribution is 7.92. The number of rotatable bonds is 3. The van der Waals surface area contributed by atoms with Gasteiger partial charge in [0.25, 0.3) is 0 Å². The summed E-state index contributed by atoms with van der Waals surface area (Å²) in [4.78, 5) is 8.21. The van der Waals surface area contributed by atoms with E-state index in [9.17, 15) is 18.3 Å². The lowest BCUT2D eigenvalue weighted by Gasteiger charge is -2.19. The van der Waals surface area contributed by atoms with Crippen molar-refractivity contribution in [1.82, 2.24) is 0 Å². The van der Waals surface area contributed by atoms with Gasteiger partial charge in [-0.3, -0.25) is 4.79 Å². The molecule has 1 atom stereocenters. The van der Waals surface area contributed by atoms with Gasteiger partial charge in [0, 0.05) is 11.8 Å². The summed E-state index contributed by atoms with van der Waals surface area (Å²) in [5, 5.41) is 9.67. The molecule has 0 radical (unpaired) electrons. The fourth-order valence-electron chi connectivity index (χ4n) is 1.05. The molecule has 0 aromatic heterocycles. The molecule has 0 bridgehead atoms. The third-order valence-corrected chi connectivity index (χ3v) is 3.37. The van der Waals surface area contributed by atoms with Crippen molar-refractivity contribution in [2.45, 2.75) is 4.93 Å². The van der Waals surface area contributed by atoms with Gasteiger partial charge in [-0.25, -0.2) is 8.42 Å². The van der Waals surface area contributed by atoms with Crippen LogP contribution < -0.4 is 0 Å². The quantitative estimate of drug-likeness (QED) is 0.723. The van der Waals surface area contributed by atoms with Crippen LogP contribution in [0.3, 0.4) is 0 Å². The molecule has 1 N–H and O–H groups in total. The summed E-state index contributed by atoms with van der Waals surface area (Å²) in [6.45, 7) is 0. The summed E-state index contributed by atoms with van der Waals surface area (Å²) in [6, 6.07) is 7.53. The summed E-state index contributed by atoms with van der Waals surface area (Å²) in [5.41, 5.74) is 0.0532. The molecule has 1 rings (SSSR count). The number of sulfone groups is 1. The van der Waals surface area contributed by atoms with Crippen molar-refractivity contribution in [1.29, 1.82) is 0 Å². The van der Waals surface area contributed by atoms with Crippen LogP contribution in [0.15, 0.2) is 30.3 Å². The molecule has 14 heavy (non-hydrogen) atoms. The van der Waals surface area contributed by atoms with Crippen molar-refractivity contribution in [3.8, 4) is 0 Å².